The molecule has 0 aromatic rings. The van der Waals surface area contributed by atoms with E-state index in [1.807, 2.05) is 0 Å². The van der Waals surface area contributed by atoms with Crippen LogP contribution in [0.1, 0.15) is 6.42 Å². The van der Waals surface area contributed by atoms with Crippen LogP contribution in [0.4, 0.5) is 0 Å². The maximum Gasteiger partial charge on any atom is 0.0152 e. The van der Waals surface area contributed by atoms with Crippen LogP contribution >= 0.6 is 0 Å². The average molecular weight is 2430 g/mol. The summed E-state index contributed by atoms with van der Waals surface area (Å²) in [6.07, 6.45) is 1.02. The smallest absolute Gasteiger partial charge is 0.0152 e. The van der Waals surface area contributed by atoms with E-state index >= 15 is 0 Å². The first-order chi connectivity index (χ1) is 3.00. The summed E-state index contributed by atoms with van der Waals surface area (Å²) in [5.41, 5.74) is 0. The normalized spacial score (nSPS) is 2.77. The Morgan fingerprint density at radius 2 is 0.231 bits per heavy atom. The summed E-state index contributed by atoms with van der Waals surface area (Å²) in [5.74, 6) is 0. The van der Waals surface area contributed by atoms with Crippen LogP contribution in [0, 0.1) is 6.79 Å². The van der Waals surface area contributed by atoms with Crippen molar-refractivity contribution in [2.24, 2.45) is 0 Å². The molecule has 2 nitrogen and oxygen atoms in total. The molecule has 0 aliphatic carbocycles. The van der Waals surface area contributed by atoms with Gasteiger partial charge in [0, 0.05) is 867 Å². The molecule has 1 heterocycles. The second-order valence-corrected chi connectivity index (χ2v) is 1.19. The van der Waals surface area contributed by atoms with Gasteiger partial charge in [0.1, 0.15) is 0 Å². The summed E-state index contributed by atoms with van der Waals surface area (Å²) in [6.45, 7) is 3.03. The fourth-order valence-corrected chi connectivity index (χ4v) is 0.370. The molecule has 48 heteroatoms. The molecule has 0 amide bonds. The van der Waals surface area contributed by atoms with Crippen molar-refractivity contribution in [3.05, 3.63) is 6.79 Å². The SMILES string of the molecule is [CH-]1OCCCO1.[V].[V].[V].[V].[V].[V].[V].[V].[V].[V].[V].[V].[V].[V].[V].[V].[V].[V].[V].[V].[V].[V].[V].[V].[V].[V].[V].[V].[V].[V].[V].[V].[V].[V].[V].[V].[V].[V].[V].[V].[V].[V].[V].[V].[V].[V]. The number of hydrogen-bond donors (Lipinski definition) is 0. The third kappa shape index (κ3) is 410. The number of ether oxygens (including phenoxy) is 2. The molecule has 0 unspecified atom stereocenters. The molecule has 0 N–H and O–H groups in total. The van der Waals surface area contributed by atoms with Crippen molar-refractivity contribution >= 4 is 0 Å². The maximum atomic E-state index is 4.72. The summed E-state index contributed by atoms with van der Waals surface area (Å²) < 4.78 is 9.44. The van der Waals surface area contributed by atoms with Gasteiger partial charge in [-0.15, -0.1) is 0 Å². The number of rotatable bonds is 0. The molecule has 266 valence electrons. The van der Waals surface area contributed by atoms with Gasteiger partial charge in [0.05, 0.1) is 0 Å². The van der Waals surface area contributed by atoms with E-state index in [-0.39, 0.29) is 854 Å². The summed E-state index contributed by atoms with van der Waals surface area (Å²) in [4.78, 5) is 0. The van der Waals surface area contributed by atoms with Crippen LogP contribution < -0.4 is 0 Å². The zero-order valence-electron chi connectivity index (χ0n) is 24.1. The predicted octanol–water partition coefficient (Wildman–Crippen LogP) is 0.428. The zero-order valence-corrected chi connectivity index (χ0v) is 88.3. The molecule has 1 fully saturated rings. The van der Waals surface area contributed by atoms with Gasteiger partial charge in [-0.2, -0.15) is 0 Å². The molecule has 0 aromatic carbocycles. The van der Waals surface area contributed by atoms with E-state index < -0.39 is 0 Å². The molecule has 1 aliphatic heterocycles. The summed E-state index contributed by atoms with van der Waals surface area (Å²) in [7, 11) is 0. The van der Waals surface area contributed by atoms with Gasteiger partial charge in [-0.05, 0) is 6.42 Å². The first-order valence-electron chi connectivity index (χ1n) is 2.05. The van der Waals surface area contributed by atoms with Gasteiger partial charge in [0.15, 0.2) is 0 Å². The molecule has 52 heavy (non-hydrogen) atoms. The Labute approximate surface area is 865 Å². The Bertz CT molecular complexity index is 47.8. The molecule has 46 radical (unpaired) electrons. The van der Waals surface area contributed by atoms with Crippen LogP contribution in [0.2, 0.25) is 0 Å². The molecular formula is C4H7O2V46-. The van der Waals surface area contributed by atoms with Gasteiger partial charge < -0.3 is 9.47 Å². The molecule has 0 aromatic heterocycles. The Balaban J connectivity index is -0.000000000178. The molecule has 0 spiro atoms. The second-order valence-electron chi connectivity index (χ2n) is 1.19. The summed E-state index contributed by atoms with van der Waals surface area (Å²) >= 11 is 0. The molecular weight excluding hydrogens is 2420 g/mol. The topological polar surface area (TPSA) is 18.5 Å². The fourth-order valence-electron chi connectivity index (χ4n) is 0.370. The van der Waals surface area contributed by atoms with Crippen LogP contribution in [0.25, 0.3) is 0 Å². The van der Waals surface area contributed by atoms with Crippen molar-refractivity contribution in [2.45, 2.75) is 6.42 Å². The van der Waals surface area contributed by atoms with Crippen LogP contribution in [-0.2, 0) is 863 Å². The van der Waals surface area contributed by atoms with Gasteiger partial charge in [0.2, 0.25) is 0 Å². The van der Waals surface area contributed by atoms with E-state index in [4.69, 9.17) is 9.47 Å². The number of hydrogen-bond acceptors (Lipinski definition) is 2. The van der Waals surface area contributed by atoms with E-state index in [2.05, 4.69) is 0 Å². The van der Waals surface area contributed by atoms with Crippen LogP contribution in [-0.4, -0.2) is 13.2 Å². The van der Waals surface area contributed by atoms with Crippen molar-refractivity contribution in [2.75, 3.05) is 13.2 Å². The van der Waals surface area contributed by atoms with Crippen molar-refractivity contribution in [1.82, 2.24) is 0 Å². The first-order valence-corrected chi connectivity index (χ1v) is 2.05. The first kappa shape index (κ1) is 443. The Morgan fingerprint density at radius 3 is 0.250 bits per heavy atom. The molecule has 0 saturated carbocycles. The molecule has 1 saturated heterocycles. The van der Waals surface area contributed by atoms with Gasteiger partial charge in [-0.25, -0.2) is 0 Å². The average Bonchev–Trinajstić information content (AvgIpc) is 1.72. The van der Waals surface area contributed by atoms with Gasteiger partial charge >= 0.3 is 0 Å². The Hall–Kier alpha value is 26.8. The summed E-state index contributed by atoms with van der Waals surface area (Å²) in [5, 5.41) is 0. The Kier molecular flexibility index (Phi) is 3640. The second kappa shape index (κ2) is 427. The minimum atomic E-state index is 0. The van der Waals surface area contributed by atoms with Crippen LogP contribution in [0.15, 0.2) is 0 Å². The summed E-state index contributed by atoms with van der Waals surface area (Å²) in [6, 6.07) is 0. The molecule has 0 bridgehead atoms. The van der Waals surface area contributed by atoms with Crippen LogP contribution in [0.3, 0.4) is 0 Å². The fraction of sp³-hybridized carbons (Fsp3) is 0.750. The molecule has 1 aliphatic rings. The van der Waals surface area contributed by atoms with Gasteiger partial charge in [0.25, 0.3) is 0 Å². The van der Waals surface area contributed by atoms with E-state index in [0.717, 1.165) is 19.6 Å². The third-order valence-corrected chi connectivity index (χ3v) is 0.660. The van der Waals surface area contributed by atoms with Crippen molar-refractivity contribution in [3.8, 4) is 0 Å². The molecule has 0 atom stereocenters. The van der Waals surface area contributed by atoms with E-state index in [0.29, 0.717) is 0 Å². The standard InChI is InChI=1S/C4H7O2.46V/c1-2-5-4-6-3-1;;;;;;;;;;;;;;;;;;;;;;;;;;;;;;;;;;;;;;;;;;;;;;/h4H,1-3H2;;;;;;;;;;;;;;;;;;;;;;;;;;;;;;;;;;;;;;;;;;;;;;/q-1;;;;;;;;;;;;;;;;;;;;;;;;;;;;;;;;;;;;;;;;;;;;;;. The van der Waals surface area contributed by atoms with E-state index in [1.54, 1.807) is 0 Å². The van der Waals surface area contributed by atoms with Gasteiger partial charge in [-0.3, -0.25) is 0 Å². The minimum Gasteiger partial charge on any atom is -0.525 e. The zero-order chi connectivity index (χ0) is 4.24. The quantitative estimate of drug-likeness (QED) is 0.329. The van der Waals surface area contributed by atoms with E-state index in [9.17, 15) is 0 Å². The molecule has 1 rings (SSSR count). The minimum absolute atomic E-state index is 0. The van der Waals surface area contributed by atoms with Crippen LogP contribution in [0.5, 0.6) is 0 Å². The van der Waals surface area contributed by atoms with Crippen molar-refractivity contribution < 1.29 is 863 Å². The monoisotopic (exact) mass is 2430 g/mol. The van der Waals surface area contributed by atoms with Gasteiger partial charge in [-0.1, -0.05) is 6.79 Å². The van der Waals surface area contributed by atoms with Crippen molar-refractivity contribution in [3.63, 3.8) is 0 Å². The van der Waals surface area contributed by atoms with E-state index in [1.165, 1.54) is 6.79 Å². The predicted molar refractivity (Wildman–Crippen MR) is 20.8 cm³/mol. The largest absolute Gasteiger partial charge is 0.525 e. The third-order valence-electron chi connectivity index (χ3n) is 0.660. The maximum absolute atomic E-state index is 4.72. The Morgan fingerprint density at radius 1 is 0.154 bits per heavy atom. The van der Waals surface area contributed by atoms with Crippen molar-refractivity contribution in [1.29, 1.82) is 0 Å².